The van der Waals surface area contributed by atoms with Crippen molar-refractivity contribution in [1.82, 2.24) is 0 Å². The maximum absolute atomic E-state index is 12.9. The lowest BCUT2D eigenvalue weighted by Gasteiger charge is -2.18. The van der Waals surface area contributed by atoms with E-state index in [0.717, 1.165) is 35.2 Å². The second kappa shape index (κ2) is 8.50. The van der Waals surface area contributed by atoms with E-state index in [2.05, 4.69) is 25.2 Å². The normalized spacial score (nSPS) is 20.5. The van der Waals surface area contributed by atoms with Crippen molar-refractivity contribution in [2.24, 2.45) is 11.8 Å². The highest BCUT2D eigenvalue weighted by atomic mass is 16.2. The SMILES string of the molecule is CCc1cccc(CC)c1NC(=O)c1ccc(N2C(=O)[C@H]3CC=C(C)C[C@@H]3C2=O)cc1. The number of amides is 3. The molecular formula is C26H28N2O3. The van der Waals surface area contributed by atoms with E-state index >= 15 is 0 Å². The average molecular weight is 417 g/mol. The van der Waals surface area contributed by atoms with Crippen molar-refractivity contribution in [3.63, 3.8) is 0 Å². The number of allylic oxidation sites excluding steroid dienone is 2. The summed E-state index contributed by atoms with van der Waals surface area (Å²) in [7, 11) is 0. The third-order valence-electron chi connectivity index (χ3n) is 6.45. The predicted molar refractivity (Wildman–Crippen MR) is 122 cm³/mol. The minimum absolute atomic E-state index is 0.135. The van der Waals surface area contributed by atoms with E-state index in [-0.39, 0.29) is 29.6 Å². The van der Waals surface area contributed by atoms with Gasteiger partial charge in [-0.3, -0.25) is 19.3 Å². The summed E-state index contributed by atoms with van der Waals surface area (Å²) in [5.41, 5.74) is 5.26. The Morgan fingerprint density at radius 2 is 1.58 bits per heavy atom. The number of carbonyl (C=O) groups excluding carboxylic acids is 3. The Hall–Kier alpha value is -3.21. The molecule has 2 atom stereocenters. The molecule has 2 aliphatic rings. The Bertz CT molecular complexity index is 1050. The highest BCUT2D eigenvalue weighted by Crippen LogP contribution is 2.39. The lowest BCUT2D eigenvalue weighted by atomic mass is 9.82. The van der Waals surface area contributed by atoms with Crippen LogP contribution in [0.2, 0.25) is 0 Å². The van der Waals surface area contributed by atoms with Crippen molar-refractivity contribution in [2.45, 2.75) is 46.5 Å². The largest absolute Gasteiger partial charge is 0.321 e. The van der Waals surface area contributed by atoms with Crippen LogP contribution >= 0.6 is 0 Å². The first-order valence-corrected chi connectivity index (χ1v) is 11.0. The maximum Gasteiger partial charge on any atom is 0.255 e. The molecule has 1 fully saturated rings. The Balaban J connectivity index is 1.54. The molecule has 1 heterocycles. The minimum Gasteiger partial charge on any atom is -0.321 e. The zero-order chi connectivity index (χ0) is 22.1. The van der Waals surface area contributed by atoms with Gasteiger partial charge in [0.05, 0.1) is 17.5 Å². The number of nitrogens with zero attached hydrogens (tertiary/aromatic N) is 1. The molecule has 0 spiro atoms. The molecule has 1 N–H and O–H groups in total. The quantitative estimate of drug-likeness (QED) is 0.556. The van der Waals surface area contributed by atoms with Crippen LogP contribution in [0.3, 0.4) is 0 Å². The van der Waals surface area contributed by atoms with E-state index in [4.69, 9.17) is 0 Å². The molecule has 5 nitrogen and oxygen atoms in total. The fourth-order valence-corrected chi connectivity index (χ4v) is 4.64. The van der Waals surface area contributed by atoms with Gasteiger partial charge in [0.15, 0.2) is 0 Å². The van der Waals surface area contributed by atoms with Crippen LogP contribution in [0.5, 0.6) is 0 Å². The Kier molecular flexibility index (Phi) is 5.77. The van der Waals surface area contributed by atoms with Crippen LogP contribution in [0.1, 0.15) is 55.1 Å². The number of carbonyl (C=O) groups is 3. The van der Waals surface area contributed by atoms with Gasteiger partial charge >= 0.3 is 0 Å². The van der Waals surface area contributed by atoms with Crippen molar-refractivity contribution < 1.29 is 14.4 Å². The number of aryl methyl sites for hydroxylation is 2. The van der Waals surface area contributed by atoms with E-state index in [1.165, 1.54) is 4.90 Å². The van der Waals surface area contributed by atoms with Crippen molar-refractivity contribution in [2.75, 3.05) is 10.2 Å². The fourth-order valence-electron chi connectivity index (χ4n) is 4.64. The van der Waals surface area contributed by atoms with Gasteiger partial charge in [-0.1, -0.05) is 43.7 Å². The second-order valence-electron chi connectivity index (χ2n) is 8.37. The van der Waals surface area contributed by atoms with Gasteiger partial charge in [0, 0.05) is 11.3 Å². The third kappa shape index (κ3) is 3.80. The number of nitrogens with one attached hydrogen (secondary N) is 1. The van der Waals surface area contributed by atoms with Crippen molar-refractivity contribution in [1.29, 1.82) is 0 Å². The molecule has 0 unspecified atom stereocenters. The molecule has 31 heavy (non-hydrogen) atoms. The standard InChI is InChI=1S/C26H28N2O3/c1-4-17-7-6-8-18(5-2)23(17)27-24(29)19-10-12-20(13-11-19)28-25(30)21-14-9-16(3)15-22(21)26(28)31/h6-13,21-22H,4-5,14-15H2,1-3H3,(H,27,29)/t21-,22-/m0/s1. The van der Waals surface area contributed by atoms with Crippen LogP contribution in [0.4, 0.5) is 11.4 Å². The molecule has 0 radical (unpaired) electrons. The number of fused-ring (bicyclic) bond motifs is 1. The monoisotopic (exact) mass is 416 g/mol. The maximum atomic E-state index is 12.9. The predicted octanol–water partition coefficient (Wildman–Crippen LogP) is 4.91. The highest BCUT2D eigenvalue weighted by molar-refractivity contribution is 6.22. The van der Waals surface area contributed by atoms with E-state index in [1.54, 1.807) is 24.3 Å². The van der Waals surface area contributed by atoms with Gasteiger partial charge in [-0.25, -0.2) is 0 Å². The number of anilines is 2. The van der Waals surface area contributed by atoms with Gasteiger partial charge in [0.1, 0.15) is 0 Å². The lowest BCUT2D eigenvalue weighted by molar-refractivity contribution is -0.122. The van der Waals surface area contributed by atoms with E-state index in [1.807, 2.05) is 25.1 Å². The fraction of sp³-hybridized carbons (Fsp3) is 0.346. The number of benzene rings is 2. The second-order valence-corrected chi connectivity index (χ2v) is 8.37. The lowest BCUT2D eigenvalue weighted by Crippen LogP contribution is -2.30. The number of hydrogen-bond acceptors (Lipinski definition) is 3. The van der Waals surface area contributed by atoms with E-state index in [0.29, 0.717) is 24.1 Å². The van der Waals surface area contributed by atoms with Crippen molar-refractivity contribution >= 4 is 29.1 Å². The molecule has 1 aliphatic carbocycles. The molecule has 0 saturated carbocycles. The van der Waals surface area contributed by atoms with Crippen LogP contribution in [0, 0.1) is 11.8 Å². The summed E-state index contributed by atoms with van der Waals surface area (Å²) in [6.07, 6.45) is 4.98. The van der Waals surface area contributed by atoms with Crippen LogP contribution in [0.25, 0.3) is 0 Å². The molecular weight excluding hydrogens is 388 g/mol. The van der Waals surface area contributed by atoms with Crippen LogP contribution < -0.4 is 10.2 Å². The molecule has 0 bridgehead atoms. The molecule has 4 rings (SSSR count). The number of para-hydroxylation sites is 1. The number of imide groups is 1. The summed E-state index contributed by atoms with van der Waals surface area (Å²) in [5, 5.41) is 3.06. The van der Waals surface area contributed by atoms with E-state index in [9.17, 15) is 14.4 Å². The summed E-state index contributed by atoms with van der Waals surface area (Å²) in [5.74, 6) is -1.00. The Morgan fingerprint density at radius 3 is 2.19 bits per heavy atom. The highest BCUT2D eigenvalue weighted by Gasteiger charge is 2.48. The summed E-state index contributed by atoms with van der Waals surface area (Å²) in [6, 6.07) is 12.8. The number of hydrogen-bond donors (Lipinski definition) is 1. The number of rotatable bonds is 5. The molecule has 0 aromatic heterocycles. The van der Waals surface area contributed by atoms with Gasteiger partial charge in [0.25, 0.3) is 5.91 Å². The van der Waals surface area contributed by atoms with Crippen LogP contribution in [0.15, 0.2) is 54.1 Å². The van der Waals surface area contributed by atoms with Gasteiger partial charge in [-0.2, -0.15) is 0 Å². The first-order chi connectivity index (χ1) is 14.9. The molecule has 2 aromatic carbocycles. The molecule has 1 saturated heterocycles. The smallest absolute Gasteiger partial charge is 0.255 e. The average Bonchev–Trinajstić information content (AvgIpc) is 3.03. The zero-order valence-corrected chi connectivity index (χ0v) is 18.3. The van der Waals surface area contributed by atoms with Gasteiger partial charge in [-0.15, -0.1) is 0 Å². The van der Waals surface area contributed by atoms with Gasteiger partial charge in [0.2, 0.25) is 11.8 Å². The Morgan fingerprint density at radius 1 is 0.968 bits per heavy atom. The summed E-state index contributed by atoms with van der Waals surface area (Å²) < 4.78 is 0. The summed E-state index contributed by atoms with van der Waals surface area (Å²) in [6.45, 7) is 6.14. The van der Waals surface area contributed by atoms with Crippen molar-refractivity contribution in [3.8, 4) is 0 Å². The van der Waals surface area contributed by atoms with Crippen LogP contribution in [-0.4, -0.2) is 17.7 Å². The first kappa shape index (κ1) is 21.0. The molecule has 5 heteroatoms. The topological polar surface area (TPSA) is 66.5 Å². The zero-order valence-electron chi connectivity index (χ0n) is 18.3. The van der Waals surface area contributed by atoms with Crippen molar-refractivity contribution in [3.05, 3.63) is 70.8 Å². The van der Waals surface area contributed by atoms with Crippen LogP contribution in [-0.2, 0) is 22.4 Å². The van der Waals surface area contributed by atoms with Gasteiger partial charge < -0.3 is 5.32 Å². The Labute approximate surface area is 183 Å². The molecule has 2 aromatic rings. The first-order valence-electron chi connectivity index (χ1n) is 11.0. The molecule has 3 amide bonds. The molecule has 160 valence electrons. The van der Waals surface area contributed by atoms with E-state index < -0.39 is 0 Å². The summed E-state index contributed by atoms with van der Waals surface area (Å²) >= 11 is 0. The van der Waals surface area contributed by atoms with Gasteiger partial charge in [-0.05, 0) is 68.0 Å². The summed E-state index contributed by atoms with van der Waals surface area (Å²) in [4.78, 5) is 39.9. The minimum atomic E-state index is -0.266. The third-order valence-corrected chi connectivity index (χ3v) is 6.45. The molecule has 1 aliphatic heterocycles.